The average molecular weight is 404 g/mol. The third-order valence-electron chi connectivity index (χ3n) is 3.21. The Kier molecular flexibility index (Phi) is 5.27. The van der Waals surface area contributed by atoms with E-state index in [2.05, 4.69) is 36.8 Å². The van der Waals surface area contributed by atoms with Gasteiger partial charge in [-0.15, -0.1) is 16.9 Å². The lowest BCUT2D eigenvalue weighted by molar-refractivity contribution is -0.113. The summed E-state index contributed by atoms with van der Waals surface area (Å²) < 4.78 is 2.61. The summed E-state index contributed by atoms with van der Waals surface area (Å²) in [5, 5.41) is 14.3. The number of amides is 1. The van der Waals surface area contributed by atoms with Crippen molar-refractivity contribution in [2.45, 2.75) is 4.90 Å². The molecule has 0 fully saturated rings. The highest BCUT2D eigenvalue weighted by Crippen LogP contribution is 2.22. The Labute approximate surface area is 151 Å². The van der Waals surface area contributed by atoms with Crippen LogP contribution in [-0.2, 0) is 11.8 Å². The summed E-state index contributed by atoms with van der Waals surface area (Å²) in [6.07, 6.45) is 0. The highest BCUT2D eigenvalue weighted by Gasteiger charge is 2.08. The Morgan fingerprint density at radius 1 is 1.25 bits per heavy atom. The van der Waals surface area contributed by atoms with Gasteiger partial charge in [0.1, 0.15) is 0 Å². The molecule has 1 N–H and O–H groups in total. The Hall–Kier alpha value is -2.19. The summed E-state index contributed by atoms with van der Waals surface area (Å²) in [6, 6.07) is 15.3. The van der Waals surface area contributed by atoms with E-state index in [4.69, 9.17) is 0 Å². The normalized spacial score (nSPS) is 10.6. The molecule has 0 bridgehead atoms. The third kappa shape index (κ3) is 4.21. The topological polar surface area (TPSA) is 72.7 Å². The predicted molar refractivity (Wildman–Crippen MR) is 97.7 cm³/mol. The van der Waals surface area contributed by atoms with Crippen molar-refractivity contribution in [3.05, 3.63) is 53.0 Å². The molecule has 1 amide bonds. The largest absolute Gasteiger partial charge is 0.325 e. The van der Waals surface area contributed by atoms with Gasteiger partial charge in [-0.3, -0.25) is 4.79 Å². The van der Waals surface area contributed by atoms with Gasteiger partial charge in [0.05, 0.1) is 5.75 Å². The van der Waals surface area contributed by atoms with Crippen LogP contribution < -0.4 is 5.32 Å². The molecule has 6 nitrogen and oxygen atoms in total. The van der Waals surface area contributed by atoms with Crippen LogP contribution in [0.4, 0.5) is 5.69 Å². The maximum Gasteiger partial charge on any atom is 0.234 e. The monoisotopic (exact) mass is 403 g/mol. The van der Waals surface area contributed by atoms with Crippen molar-refractivity contribution >= 4 is 39.3 Å². The van der Waals surface area contributed by atoms with Crippen LogP contribution in [0.25, 0.3) is 11.4 Å². The quantitative estimate of drug-likeness (QED) is 0.661. The van der Waals surface area contributed by atoms with E-state index in [1.165, 1.54) is 11.8 Å². The van der Waals surface area contributed by atoms with Crippen molar-refractivity contribution in [2.24, 2.45) is 7.05 Å². The minimum Gasteiger partial charge on any atom is -0.325 e. The van der Waals surface area contributed by atoms with Gasteiger partial charge in [-0.1, -0.05) is 28.1 Å². The maximum atomic E-state index is 12.1. The van der Waals surface area contributed by atoms with Gasteiger partial charge in [0.15, 0.2) is 5.82 Å². The van der Waals surface area contributed by atoms with Crippen molar-refractivity contribution in [1.29, 1.82) is 0 Å². The number of halogens is 1. The standard InChI is InChI=1S/C16H14BrN5OS/c1-22-16(19-20-21-22)11-3-2-4-13(9-11)18-15(23)10-24-14-7-5-12(17)6-8-14/h2-9H,10H2,1H3,(H,18,23). The second-order valence-electron chi connectivity index (χ2n) is 5.00. The van der Waals surface area contributed by atoms with Crippen molar-refractivity contribution in [3.63, 3.8) is 0 Å². The lowest BCUT2D eigenvalue weighted by atomic mass is 10.2. The summed E-state index contributed by atoms with van der Waals surface area (Å²) in [6.45, 7) is 0. The first-order chi connectivity index (χ1) is 11.6. The molecule has 0 spiro atoms. The predicted octanol–water partition coefficient (Wildman–Crippen LogP) is 3.37. The van der Waals surface area contributed by atoms with E-state index in [0.29, 0.717) is 11.6 Å². The Balaban J connectivity index is 1.62. The van der Waals surface area contributed by atoms with Crippen LogP contribution in [0, 0.1) is 0 Å². The second kappa shape index (κ2) is 7.59. The number of carbonyl (C=O) groups excluding carboxylic acids is 1. The first-order valence-electron chi connectivity index (χ1n) is 7.13. The van der Waals surface area contributed by atoms with E-state index in [0.717, 1.165) is 20.6 Å². The lowest BCUT2D eigenvalue weighted by Gasteiger charge is -2.07. The van der Waals surface area contributed by atoms with Gasteiger partial charge in [-0.25, -0.2) is 4.68 Å². The minimum absolute atomic E-state index is 0.0591. The first-order valence-corrected chi connectivity index (χ1v) is 8.91. The average Bonchev–Trinajstić information content (AvgIpc) is 3.01. The Morgan fingerprint density at radius 2 is 2.04 bits per heavy atom. The molecule has 0 aliphatic rings. The van der Waals surface area contributed by atoms with Crippen LogP contribution in [0.5, 0.6) is 0 Å². The smallest absolute Gasteiger partial charge is 0.234 e. The number of rotatable bonds is 5. The van der Waals surface area contributed by atoms with E-state index in [1.807, 2.05) is 48.5 Å². The van der Waals surface area contributed by atoms with Crippen molar-refractivity contribution in [3.8, 4) is 11.4 Å². The van der Waals surface area contributed by atoms with Crippen LogP contribution in [-0.4, -0.2) is 31.9 Å². The number of anilines is 1. The van der Waals surface area contributed by atoms with E-state index in [9.17, 15) is 4.79 Å². The summed E-state index contributed by atoms with van der Waals surface area (Å²) in [4.78, 5) is 13.2. The molecule has 0 unspecified atom stereocenters. The van der Waals surface area contributed by atoms with Crippen molar-refractivity contribution in [1.82, 2.24) is 20.2 Å². The van der Waals surface area contributed by atoms with Gasteiger partial charge >= 0.3 is 0 Å². The molecular formula is C16H14BrN5OS. The zero-order valence-corrected chi connectivity index (χ0v) is 15.2. The van der Waals surface area contributed by atoms with Gasteiger partial charge in [0, 0.05) is 27.7 Å². The number of aromatic nitrogens is 4. The molecule has 3 aromatic rings. The molecular weight excluding hydrogens is 390 g/mol. The van der Waals surface area contributed by atoms with E-state index >= 15 is 0 Å². The lowest BCUT2D eigenvalue weighted by Crippen LogP contribution is -2.14. The van der Waals surface area contributed by atoms with Gasteiger partial charge in [0.2, 0.25) is 5.91 Å². The SMILES string of the molecule is Cn1nnnc1-c1cccc(NC(=O)CSc2ccc(Br)cc2)c1. The number of nitrogens with one attached hydrogen (secondary N) is 1. The summed E-state index contributed by atoms with van der Waals surface area (Å²) >= 11 is 4.89. The molecule has 1 aromatic heterocycles. The number of benzene rings is 2. The first kappa shape index (κ1) is 16.7. The van der Waals surface area contributed by atoms with Crippen LogP contribution in [0.2, 0.25) is 0 Å². The highest BCUT2D eigenvalue weighted by atomic mass is 79.9. The highest BCUT2D eigenvalue weighted by molar-refractivity contribution is 9.10. The number of aryl methyl sites for hydroxylation is 1. The van der Waals surface area contributed by atoms with Gasteiger partial charge in [-0.05, 0) is 46.8 Å². The summed E-state index contributed by atoms with van der Waals surface area (Å²) in [5.74, 6) is 0.934. The minimum atomic E-state index is -0.0591. The molecule has 0 aliphatic carbocycles. The number of hydrogen-bond donors (Lipinski definition) is 1. The van der Waals surface area contributed by atoms with Gasteiger partial charge in [0.25, 0.3) is 0 Å². The molecule has 122 valence electrons. The molecule has 3 rings (SSSR count). The number of tetrazole rings is 1. The second-order valence-corrected chi connectivity index (χ2v) is 6.96. The molecule has 0 atom stereocenters. The number of hydrogen-bond acceptors (Lipinski definition) is 5. The Morgan fingerprint density at radius 3 is 2.75 bits per heavy atom. The van der Waals surface area contributed by atoms with E-state index < -0.39 is 0 Å². The van der Waals surface area contributed by atoms with Gasteiger partial charge < -0.3 is 5.32 Å². The summed E-state index contributed by atoms with van der Waals surface area (Å²) in [5.41, 5.74) is 1.57. The third-order valence-corrected chi connectivity index (χ3v) is 4.75. The van der Waals surface area contributed by atoms with Crippen LogP contribution in [0.15, 0.2) is 57.9 Å². The van der Waals surface area contributed by atoms with E-state index in [-0.39, 0.29) is 5.91 Å². The molecule has 2 aromatic carbocycles. The molecule has 8 heteroatoms. The zero-order valence-electron chi connectivity index (χ0n) is 12.8. The molecule has 0 saturated heterocycles. The Bertz CT molecular complexity index is 850. The summed E-state index contributed by atoms with van der Waals surface area (Å²) in [7, 11) is 1.77. The van der Waals surface area contributed by atoms with E-state index in [1.54, 1.807) is 11.7 Å². The van der Waals surface area contributed by atoms with Crippen LogP contribution in [0.3, 0.4) is 0 Å². The molecule has 0 aliphatic heterocycles. The van der Waals surface area contributed by atoms with Crippen LogP contribution >= 0.6 is 27.7 Å². The van der Waals surface area contributed by atoms with Gasteiger partial charge in [-0.2, -0.15) is 0 Å². The van der Waals surface area contributed by atoms with Crippen LogP contribution in [0.1, 0.15) is 0 Å². The van der Waals surface area contributed by atoms with Crippen molar-refractivity contribution in [2.75, 3.05) is 11.1 Å². The van der Waals surface area contributed by atoms with Crippen molar-refractivity contribution < 1.29 is 4.79 Å². The zero-order chi connectivity index (χ0) is 16.9. The fourth-order valence-electron chi connectivity index (χ4n) is 2.09. The molecule has 24 heavy (non-hydrogen) atoms. The maximum absolute atomic E-state index is 12.1. The fraction of sp³-hybridized carbons (Fsp3) is 0.125. The number of thioether (sulfide) groups is 1. The molecule has 0 radical (unpaired) electrons. The number of carbonyl (C=O) groups is 1. The fourth-order valence-corrected chi connectivity index (χ4v) is 3.05. The number of nitrogens with zero attached hydrogens (tertiary/aromatic N) is 4. The molecule has 1 heterocycles. The molecule has 0 saturated carbocycles.